The van der Waals surface area contributed by atoms with Crippen molar-refractivity contribution in [2.45, 2.75) is 13.0 Å². The van der Waals surface area contributed by atoms with Gasteiger partial charge in [0.05, 0.1) is 0 Å². The predicted molar refractivity (Wildman–Crippen MR) is 78.0 cm³/mol. The van der Waals surface area contributed by atoms with E-state index in [1.54, 1.807) is 0 Å². The molecule has 0 aliphatic rings. The van der Waals surface area contributed by atoms with Gasteiger partial charge in [-0.05, 0) is 5.56 Å². The van der Waals surface area contributed by atoms with Crippen molar-refractivity contribution >= 4 is 11.9 Å². The Labute approximate surface area is 119 Å². The average Bonchev–Trinajstić information content (AvgIpc) is 2.46. The Kier molecular flexibility index (Phi) is 7.31. The van der Waals surface area contributed by atoms with Crippen molar-refractivity contribution < 1.29 is 9.59 Å². The summed E-state index contributed by atoms with van der Waals surface area (Å²) in [6.45, 7) is 2.55. The summed E-state index contributed by atoms with van der Waals surface area (Å²) in [7, 11) is 1.47. The van der Waals surface area contributed by atoms with Crippen molar-refractivity contribution in [3.05, 3.63) is 35.9 Å². The van der Waals surface area contributed by atoms with Crippen LogP contribution in [0.4, 0.5) is 4.79 Å². The molecule has 1 aromatic carbocycles. The van der Waals surface area contributed by atoms with Crippen LogP contribution >= 0.6 is 0 Å². The highest BCUT2D eigenvalue weighted by atomic mass is 16.2. The van der Waals surface area contributed by atoms with Crippen molar-refractivity contribution in [3.8, 4) is 0 Å². The fourth-order valence-electron chi connectivity index (χ4n) is 1.81. The van der Waals surface area contributed by atoms with E-state index in [4.69, 9.17) is 5.73 Å². The molecule has 0 atom stereocenters. The van der Waals surface area contributed by atoms with Crippen LogP contribution in [0.25, 0.3) is 0 Å². The van der Waals surface area contributed by atoms with Crippen molar-refractivity contribution in [1.29, 1.82) is 0 Å². The largest absolute Gasteiger partial charge is 0.341 e. The van der Waals surface area contributed by atoms with Gasteiger partial charge in [-0.1, -0.05) is 30.3 Å². The van der Waals surface area contributed by atoms with E-state index in [0.717, 1.165) is 6.54 Å². The zero-order chi connectivity index (χ0) is 14.8. The van der Waals surface area contributed by atoms with Gasteiger partial charge in [-0.15, -0.1) is 0 Å². The summed E-state index contributed by atoms with van der Waals surface area (Å²) in [6, 6.07) is 9.52. The molecular formula is C14H22N4O2. The molecule has 0 saturated heterocycles. The number of carbonyl (C=O) groups excluding carboxylic acids is 2. The molecule has 0 spiro atoms. The van der Waals surface area contributed by atoms with Gasteiger partial charge in [0.2, 0.25) is 5.91 Å². The second kappa shape index (κ2) is 9.06. The number of carbonyl (C=O) groups is 2. The molecule has 20 heavy (non-hydrogen) atoms. The maximum absolute atomic E-state index is 11.5. The van der Waals surface area contributed by atoms with E-state index in [1.165, 1.54) is 12.6 Å². The van der Waals surface area contributed by atoms with E-state index in [2.05, 4.69) is 15.5 Å². The number of amides is 3. The third kappa shape index (κ3) is 6.31. The summed E-state index contributed by atoms with van der Waals surface area (Å²) < 4.78 is 0. The van der Waals surface area contributed by atoms with Gasteiger partial charge in [-0.3, -0.25) is 15.0 Å². The first-order valence-corrected chi connectivity index (χ1v) is 6.63. The summed E-state index contributed by atoms with van der Waals surface area (Å²) in [4.78, 5) is 24.6. The van der Waals surface area contributed by atoms with Gasteiger partial charge in [0, 0.05) is 39.6 Å². The third-order valence-electron chi connectivity index (χ3n) is 2.83. The number of urea groups is 1. The lowest BCUT2D eigenvalue weighted by Gasteiger charge is -2.21. The molecule has 110 valence electrons. The third-order valence-corrected chi connectivity index (χ3v) is 2.83. The molecule has 0 bridgehead atoms. The lowest BCUT2D eigenvalue weighted by atomic mass is 10.2. The Morgan fingerprint density at radius 3 is 2.50 bits per heavy atom. The van der Waals surface area contributed by atoms with Gasteiger partial charge in [-0.2, -0.15) is 0 Å². The second-order valence-corrected chi connectivity index (χ2v) is 4.43. The maximum Gasteiger partial charge on any atom is 0.321 e. The van der Waals surface area contributed by atoms with Crippen LogP contribution in [0.2, 0.25) is 0 Å². The topological polar surface area (TPSA) is 87.5 Å². The Bertz CT molecular complexity index is 422. The highest BCUT2D eigenvalue weighted by Gasteiger charge is 2.10. The number of nitrogens with two attached hydrogens (primary N) is 1. The molecular weight excluding hydrogens is 256 g/mol. The Morgan fingerprint density at radius 1 is 1.20 bits per heavy atom. The highest BCUT2D eigenvalue weighted by Crippen LogP contribution is 2.04. The van der Waals surface area contributed by atoms with Gasteiger partial charge < -0.3 is 11.1 Å². The number of imide groups is 1. The van der Waals surface area contributed by atoms with Crippen LogP contribution in [0.15, 0.2) is 30.3 Å². The number of nitrogens with zero attached hydrogens (tertiary/aromatic N) is 1. The Morgan fingerprint density at radius 2 is 1.90 bits per heavy atom. The number of nitrogens with one attached hydrogen (secondary N) is 2. The van der Waals surface area contributed by atoms with E-state index < -0.39 is 6.03 Å². The molecule has 0 aromatic heterocycles. The minimum Gasteiger partial charge on any atom is -0.341 e. The Hall–Kier alpha value is -1.92. The molecule has 4 N–H and O–H groups in total. The molecule has 0 heterocycles. The van der Waals surface area contributed by atoms with E-state index >= 15 is 0 Å². The molecule has 6 nitrogen and oxygen atoms in total. The highest BCUT2D eigenvalue weighted by molar-refractivity contribution is 5.94. The monoisotopic (exact) mass is 278 g/mol. The zero-order valence-electron chi connectivity index (χ0n) is 11.8. The average molecular weight is 278 g/mol. The first-order chi connectivity index (χ1) is 9.65. The predicted octanol–water partition coefficient (Wildman–Crippen LogP) is 0.293. The van der Waals surface area contributed by atoms with Crippen LogP contribution in [-0.4, -0.2) is 43.5 Å². The quantitative estimate of drug-likeness (QED) is 0.669. The van der Waals surface area contributed by atoms with Gasteiger partial charge in [0.25, 0.3) is 0 Å². The van der Waals surface area contributed by atoms with Gasteiger partial charge in [0.15, 0.2) is 0 Å². The van der Waals surface area contributed by atoms with E-state index in [9.17, 15) is 9.59 Å². The lowest BCUT2D eigenvalue weighted by Crippen LogP contribution is -2.39. The molecule has 0 saturated carbocycles. The SMILES string of the molecule is CNC(=O)NC(=O)CCN(CCN)Cc1ccccc1. The van der Waals surface area contributed by atoms with Crippen LogP contribution in [-0.2, 0) is 11.3 Å². The van der Waals surface area contributed by atoms with Gasteiger partial charge in [-0.25, -0.2) is 4.79 Å². The van der Waals surface area contributed by atoms with Crippen LogP contribution < -0.4 is 16.4 Å². The van der Waals surface area contributed by atoms with E-state index in [1.807, 2.05) is 30.3 Å². The zero-order valence-corrected chi connectivity index (χ0v) is 11.8. The van der Waals surface area contributed by atoms with Gasteiger partial charge in [0.1, 0.15) is 0 Å². The molecule has 0 fully saturated rings. The number of hydrogen-bond donors (Lipinski definition) is 3. The number of hydrogen-bond acceptors (Lipinski definition) is 4. The second-order valence-electron chi connectivity index (χ2n) is 4.43. The molecule has 1 aromatic rings. The van der Waals surface area contributed by atoms with Gasteiger partial charge >= 0.3 is 6.03 Å². The van der Waals surface area contributed by atoms with Crippen molar-refractivity contribution in [1.82, 2.24) is 15.5 Å². The summed E-state index contributed by atoms with van der Waals surface area (Å²) in [5, 5.41) is 4.59. The maximum atomic E-state index is 11.5. The van der Waals surface area contributed by atoms with Crippen molar-refractivity contribution in [2.75, 3.05) is 26.7 Å². The molecule has 0 aliphatic heterocycles. The standard InChI is InChI=1S/C14H22N4O2/c1-16-14(20)17-13(19)7-9-18(10-8-15)11-12-5-3-2-4-6-12/h2-6H,7-11,15H2,1H3,(H2,16,17,19,20). The molecule has 0 unspecified atom stereocenters. The molecule has 0 aliphatic carbocycles. The molecule has 3 amide bonds. The van der Waals surface area contributed by atoms with Crippen LogP contribution in [0.3, 0.4) is 0 Å². The first kappa shape index (κ1) is 16.1. The minimum atomic E-state index is -0.483. The Balaban J connectivity index is 2.43. The van der Waals surface area contributed by atoms with E-state index in [-0.39, 0.29) is 12.3 Å². The minimum absolute atomic E-state index is 0.264. The molecule has 0 radical (unpaired) electrons. The fraction of sp³-hybridized carbons (Fsp3) is 0.429. The molecule has 1 rings (SSSR count). The summed E-state index contributed by atoms with van der Waals surface area (Å²) in [6.07, 6.45) is 0.264. The first-order valence-electron chi connectivity index (χ1n) is 6.63. The van der Waals surface area contributed by atoms with Crippen LogP contribution in [0, 0.1) is 0 Å². The smallest absolute Gasteiger partial charge is 0.321 e. The van der Waals surface area contributed by atoms with Crippen molar-refractivity contribution in [3.63, 3.8) is 0 Å². The summed E-state index contributed by atoms with van der Waals surface area (Å²) in [5.41, 5.74) is 6.76. The molecule has 6 heteroatoms. The van der Waals surface area contributed by atoms with Crippen LogP contribution in [0.5, 0.6) is 0 Å². The normalized spacial score (nSPS) is 10.3. The fourth-order valence-corrected chi connectivity index (χ4v) is 1.81. The lowest BCUT2D eigenvalue weighted by molar-refractivity contribution is -0.120. The van der Waals surface area contributed by atoms with Crippen LogP contribution in [0.1, 0.15) is 12.0 Å². The van der Waals surface area contributed by atoms with Crippen molar-refractivity contribution in [2.24, 2.45) is 5.73 Å². The summed E-state index contributed by atoms with van der Waals surface area (Å²) >= 11 is 0. The summed E-state index contributed by atoms with van der Waals surface area (Å²) in [5.74, 6) is -0.292. The number of benzene rings is 1. The number of rotatable bonds is 7. The van der Waals surface area contributed by atoms with E-state index in [0.29, 0.717) is 19.6 Å².